The first-order valence-electron chi connectivity index (χ1n) is 9.23. The lowest BCUT2D eigenvalue weighted by atomic mass is 9.82. The molecule has 142 valence electrons. The predicted octanol–water partition coefficient (Wildman–Crippen LogP) is 6.49. The lowest BCUT2D eigenvalue weighted by Crippen LogP contribution is -2.47. The van der Waals surface area contributed by atoms with Crippen LogP contribution in [0.3, 0.4) is 0 Å². The van der Waals surface area contributed by atoms with Crippen LogP contribution in [0.5, 0.6) is 0 Å². The molecule has 1 N–H and O–H groups in total. The SMILES string of the molecule is C/C(=C\C(C)(C)C)[C@](C)(O)[C@@H](O[Si](C)(C)C(C)(C)C)c1ccccc1. The molecule has 1 aromatic carbocycles. The van der Waals surface area contributed by atoms with Crippen molar-refractivity contribution in [3.8, 4) is 0 Å². The molecule has 25 heavy (non-hydrogen) atoms. The molecule has 0 amide bonds. The zero-order valence-corrected chi connectivity index (χ0v) is 18.9. The predicted molar refractivity (Wildman–Crippen MR) is 111 cm³/mol. The number of rotatable bonds is 5. The summed E-state index contributed by atoms with van der Waals surface area (Å²) < 4.78 is 6.74. The third kappa shape index (κ3) is 5.80. The molecule has 0 aliphatic rings. The van der Waals surface area contributed by atoms with Crippen LogP contribution < -0.4 is 0 Å². The Morgan fingerprint density at radius 1 is 1.00 bits per heavy atom. The summed E-state index contributed by atoms with van der Waals surface area (Å²) in [5.41, 5.74) is 0.919. The number of hydrogen-bond acceptors (Lipinski definition) is 2. The fourth-order valence-corrected chi connectivity index (χ4v) is 3.92. The zero-order valence-electron chi connectivity index (χ0n) is 17.9. The van der Waals surface area contributed by atoms with Gasteiger partial charge in [0.1, 0.15) is 11.7 Å². The normalized spacial score (nSPS) is 18.0. The molecule has 0 unspecified atom stereocenters. The summed E-state index contributed by atoms with van der Waals surface area (Å²) in [5, 5.41) is 11.6. The molecule has 2 atom stereocenters. The van der Waals surface area contributed by atoms with E-state index in [1.54, 1.807) is 0 Å². The van der Waals surface area contributed by atoms with Gasteiger partial charge in [-0.15, -0.1) is 0 Å². The lowest BCUT2D eigenvalue weighted by molar-refractivity contribution is -0.0292. The van der Waals surface area contributed by atoms with Crippen LogP contribution in [-0.2, 0) is 4.43 Å². The minimum atomic E-state index is -2.05. The van der Waals surface area contributed by atoms with Crippen LogP contribution in [0.2, 0.25) is 18.1 Å². The van der Waals surface area contributed by atoms with Crippen LogP contribution in [0.15, 0.2) is 42.0 Å². The highest BCUT2D eigenvalue weighted by Crippen LogP contribution is 2.44. The summed E-state index contributed by atoms with van der Waals surface area (Å²) in [6, 6.07) is 10.1. The third-order valence-corrected chi connectivity index (χ3v) is 9.72. The van der Waals surface area contributed by atoms with Crippen LogP contribution >= 0.6 is 0 Å². The van der Waals surface area contributed by atoms with E-state index in [1.807, 2.05) is 32.0 Å². The van der Waals surface area contributed by atoms with E-state index in [0.717, 1.165) is 11.1 Å². The van der Waals surface area contributed by atoms with Gasteiger partial charge in [-0.3, -0.25) is 0 Å². The smallest absolute Gasteiger partial charge is 0.193 e. The number of hydrogen-bond donors (Lipinski definition) is 1. The van der Waals surface area contributed by atoms with E-state index in [2.05, 4.69) is 72.8 Å². The summed E-state index contributed by atoms with van der Waals surface area (Å²) >= 11 is 0. The van der Waals surface area contributed by atoms with Crippen molar-refractivity contribution >= 4 is 8.32 Å². The van der Waals surface area contributed by atoms with Gasteiger partial charge in [0.15, 0.2) is 8.32 Å². The van der Waals surface area contributed by atoms with E-state index in [1.165, 1.54) is 0 Å². The topological polar surface area (TPSA) is 29.5 Å². The molecule has 0 aliphatic carbocycles. The molecule has 0 radical (unpaired) electrons. The molecule has 0 aromatic heterocycles. The first-order valence-corrected chi connectivity index (χ1v) is 12.1. The van der Waals surface area contributed by atoms with Crippen LogP contribution in [0.25, 0.3) is 0 Å². The lowest BCUT2D eigenvalue weighted by Gasteiger charge is -2.44. The standard InChI is InChI=1S/C22H38O2Si/c1-17(16-20(2,3)4)22(8,23)19(18-14-12-11-13-15-18)24-25(9,10)21(5,6)7/h11-16,19,23H,1-10H3/b17-16+/t19-,22-/m0/s1. The zero-order chi connectivity index (χ0) is 19.7. The van der Waals surface area contributed by atoms with Gasteiger partial charge in [0.25, 0.3) is 0 Å². The Bertz CT molecular complexity index is 587. The van der Waals surface area contributed by atoms with Crippen LogP contribution in [0.4, 0.5) is 0 Å². The maximum absolute atomic E-state index is 11.5. The molecule has 0 saturated carbocycles. The Hall–Kier alpha value is -0.903. The Kier molecular flexibility index (Phi) is 6.53. The second-order valence-electron chi connectivity index (χ2n) is 10.0. The van der Waals surface area contributed by atoms with E-state index in [-0.39, 0.29) is 16.6 Å². The number of allylic oxidation sites excluding steroid dienone is 1. The van der Waals surface area contributed by atoms with Gasteiger partial charge in [-0.05, 0) is 48.5 Å². The Balaban J connectivity index is 3.40. The summed E-state index contributed by atoms with van der Waals surface area (Å²) in [6.45, 7) is 21.5. The first kappa shape index (κ1) is 22.1. The van der Waals surface area contributed by atoms with E-state index < -0.39 is 13.9 Å². The molecule has 0 bridgehead atoms. The highest BCUT2D eigenvalue weighted by atomic mass is 28.4. The van der Waals surface area contributed by atoms with Crippen molar-refractivity contribution in [2.24, 2.45) is 5.41 Å². The van der Waals surface area contributed by atoms with Crippen molar-refractivity contribution in [2.45, 2.75) is 85.2 Å². The van der Waals surface area contributed by atoms with Crippen LogP contribution in [0, 0.1) is 5.41 Å². The third-order valence-electron chi connectivity index (χ3n) is 5.28. The molecular formula is C22H38O2Si. The minimum absolute atomic E-state index is 0.00623. The molecule has 0 spiro atoms. The molecule has 0 saturated heterocycles. The van der Waals surface area contributed by atoms with Gasteiger partial charge in [0.05, 0.1) is 0 Å². The van der Waals surface area contributed by atoms with Gasteiger partial charge >= 0.3 is 0 Å². The fourth-order valence-electron chi connectivity index (χ4n) is 2.61. The second kappa shape index (κ2) is 7.38. The average Bonchev–Trinajstić information content (AvgIpc) is 2.42. The molecule has 0 aliphatic heterocycles. The highest BCUT2D eigenvalue weighted by molar-refractivity contribution is 6.74. The Morgan fingerprint density at radius 3 is 1.88 bits per heavy atom. The summed E-state index contributed by atoms with van der Waals surface area (Å²) in [6.07, 6.45) is 1.77. The molecule has 0 fully saturated rings. The monoisotopic (exact) mass is 362 g/mol. The van der Waals surface area contributed by atoms with Crippen LogP contribution in [0.1, 0.15) is 67.1 Å². The molecule has 2 nitrogen and oxygen atoms in total. The Morgan fingerprint density at radius 2 is 1.48 bits per heavy atom. The Labute approximate surface area is 156 Å². The molecule has 3 heteroatoms. The molecule has 1 aromatic rings. The van der Waals surface area contributed by atoms with Crippen molar-refractivity contribution in [2.75, 3.05) is 0 Å². The van der Waals surface area contributed by atoms with Crippen molar-refractivity contribution in [3.63, 3.8) is 0 Å². The van der Waals surface area contributed by atoms with E-state index in [0.29, 0.717) is 0 Å². The average molecular weight is 363 g/mol. The van der Waals surface area contributed by atoms with Gasteiger partial charge in [0, 0.05) is 0 Å². The van der Waals surface area contributed by atoms with Crippen molar-refractivity contribution in [3.05, 3.63) is 47.5 Å². The van der Waals surface area contributed by atoms with Gasteiger partial charge in [0.2, 0.25) is 0 Å². The molecule has 1 rings (SSSR count). The van der Waals surface area contributed by atoms with Crippen molar-refractivity contribution in [1.82, 2.24) is 0 Å². The van der Waals surface area contributed by atoms with Crippen LogP contribution in [-0.4, -0.2) is 19.0 Å². The number of aliphatic hydroxyl groups is 1. The van der Waals surface area contributed by atoms with Gasteiger partial charge in [-0.25, -0.2) is 0 Å². The summed E-state index contributed by atoms with van der Waals surface area (Å²) in [5.74, 6) is 0. The number of benzene rings is 1. The molecular weight excluding hydrogens is 324 g/mol. The largest absolute Gasteiger partial charge is 0.407 e. The van der Waals surface area contributed by atoms with E-state index >= 15 is 0 Å². The highest BCUT2D eigenvalue weighted by Gasteiger charge is 2.45. The molecule has 0 heterocycles. The van der Waals surface area contributed by atoms with Gasteiger partial charge in [-0.1, -0.05) is 78.0 Å². The fraction of sp³-hybridized carbons (Fsp3) is 0.636. The maximum atomic E-state index is 11.5. The minimum Gasteiger partial charge on any atom is -0.407 e. The first-order chi connectivity index (χ1) is 11.1. The van der Waals surface area contributed by atoms with E-state index in [9.17, 15) is 5.11 Å². The van der Waals surface area contributed by atoms with Crippen molar-refractivity contribution < 1.29 is 9.53 Å². The van der Waals surface area contributed by atoms with Crippen molar-refractivity contribution in [1.29, 1.82) is 0 Å². The van der Waals surface area contributed by atoms with Gasteiger partial charge < -0.3 is 9.53 Å². The summed E-state index contributed by atoms with van der Waals surface area (Å²) in [7, 11) is -2.05. The van der Waals surface area contributed by atoms with E-state index in [4.69, 9.17) is 4.43 Å². The maximum Gasteiger partial charge on any atom is 0.193 e. The second-order valence-corrected chi connectivity index (χ2v) is 14.8. The summed E-state index contributed by atoms with van der Waals surface area (Å²) in [4.78, 5) is 0. The van der Waals surface area contributed by atoms with Gasteiger partial charge in [-0.2, -0.15) is 0 Å². The quantitative estimate of drug-likeness (QED) is 0.479.